The van der Waals surface area contributed by atoms with Gasteiger partial charge in [0.05, 0.1) is 0 Å². The van der Waals surface area contributed by atoms with Gasteiger partial charge in [-0.3, -0.25) is 4.90 Å². The molecule has 1 N–H and O–H groups in total. The highest BCUT2D eigenvalue weighted by molar-refractivity contribution is 4.90. The predicted octanol–water partition coefficient (Wildman–Crippen LogP) is 2.00. The number of rotatable bonds is 5. The maximum absolute atomic E-state index is 3.74. The highest BCUT2D eigenvalue weighted by atomic mass is 15.2. The van der Waals surface area contributed by atoms with Crippen molar-refractivity contribution in [2.75, 3.05) is 13.1 Å². The molecule has 2 heteroatoms. The first kappa shape index (κ1) is 10.4. The lowest BCUT2D eigenvalue weighted by molar-refractivity contribution is 0.224. The summed E-state index contributed by atoms with van der Waals surface area (Å²) in [6, 6.07) is 2.51. The summed E-state index contributed by atoms with van der Waals surface area (Å²) in [5, 5.41) is 3.74. The van der Waals surface area contributed by atoms with Crippen LogP contribution in [0.15, 0.2) is 0 Å². The molecule has 1 saturated heterocycles. The second-order valence-electron chi connectivity index (χ2n) is 4.89. The summed E-state index contributed by atoms with van der Waals surface area (Å²) in [5.41, 5.74) is 0. The van der Waals surface area contributed by atoms with Gasteiger partial charge in [-0.1, -0.05) is 13.8 Å². The largest absolute Gasteiger partial charge is 0.310 e. The lowest BCUT2D eigenvalue weighted by Crippen LogP contribution is -2.37. The third-order valence-corrected chi connectivity index (χ3v) is 3.73. The van der Waals surface area contributed by atoms with Crippen LogP contribution in [0.1, 0.15) is 46.0 Å². The minimum atomic E-state index is 0.795. The van der Waals surface area contributed by atoms with E-state index in [-0.39, 0.29) is 0 Å². The molecule has 0 amide bonds. The van der Waals surface area contributed by atoms with Crippen LogP contribution in [0, 0.1) is 0 Å². The second-order valence-corrected chi connectivity index (χ2v) is 4.89. The summed E-state index contributed by atoms with van der Waals surface area (Å²) < 4.78 is 0. The molecule has 2 aliphatic rings. The molecule has 0 aromatic heterocycles. The quantitative estimate of drug-likeness (QED) is 0.723. The molecule has 0 bridgehead atoms. The Labute approximate surface area is 88.1 Å². The zero-order valence-corrected chi connectivity index (χ0v) is 9.63. The van der Waals surface area contributed by atoms with Crippen LogP contribution in [-0.4, -0.2) is 36.1 Å². The topological polar surface area (TPSA) is 15.3 Å². The van der Waals surface area contributed by atoms with Gasteiger partial charge in [0.25, 0.3) is 0 Å². The molecule has 2 fully saturated rings. The molecule has 0 aromatic carbocycles. The Hall–Kier alpha value is -0.0800. The fourth-order valence-electron chi connectivity index (χ4n) is 2.64. The average Bonchev–Trinajstić information content (AvgIpc) is 2.88. The maximum atomic E-state index is 3.74. The van der Waals surface area contributed by atoms with E-state index in [0.29, 0.717) is 0 Å². The van der Waals surface area contributed by atoms with E-state index in [1.165, 1.54) is 45.2 Å². The number of hydrogen-bond donors (Lipinski definition) is 1. The second kappa shape index (κ2) is 4.63. The molecular weight excluding hydrogens is 172 g/mol. The van der Waals surface area contributed by atoms with Crippen molar-refractivity contribution in [3.63, 3.8) is 0 Å². The maximum Gasteiger partial charge on any atom is 0.0209 e. The van der Waals surface area contributed by atoms with Crippen molar-refractivity contribution < 1.29 is 0 Å². The number of nitrogens with zero attached hydrogens (tertiary/aromatic N) is 1. The third-order valence-electron chi connectivity index (χ3n) is 3.73. The molecule has 2 rings (SSSR count). The van der Waals surface area contributed by atoms with Crippen molar-refractivity contribution in [1.29, 1.82) is 0 Å². The number of hydrogen-bond acceptors (Lipinski definition) is 2. The van der Waals surface area contributed by atoms with Gasteiger partial charge < -0.3 is 5.32 Å². The Morgan fingerprint density at radius 3 is 2.43 bits per heavy atom. The summed E-state index contributed by atoms with van der Waals surface area (Å²) in [4.78, 5) is 2.68. The molecule has 0 aromatic rings. The highest BCUT2D eigenvalue weighted by Gasteiger charge is 2.30. The predicted molar refractivity (Wildman–Crippen MR) is 60.5 cm³/mol. The third kappa shape index (κ3) is 2.48. The van der Waals surface area contributed by atoms with Crippen molar-refractivity contribution in [3.05, 3.63) is 0 Å². The van der Waals surface area contributed by atoms with Gasteiger partial charge in [-0.15, -0.1) is 0 Å². The van der Waals surface area contributed by atoms with Gasteiger partial charge >= 0.3 is 0 Å². The van der Waals surface area contributed by atoms with Gasteiger partial charge in [0.1, 0.15) is 0 Å². The van der Waals surface area contributed by atoms with E-state index in [1.807, 2.05) is 0 Å². The van der Waals surface area contributed by atoms with E-state index < -0.39 is 0 Å². The Morgan fingerprint density at radius 1 is 1.14 bits per heavy atom. The molecule has 1 aliphatic heterocycles. The van der Waals surface area contributed by atoms with Crippen molar-refractivity contribution in [3.8, 4) is 0 Å². The zero-order valence-electron chi connectivity index (χ0n) is 9.63. The van der Waals surface area contributed by atoms with E-state index in [1.54, 1.807) is 0 Å². The minimum Gasteiger partial charge on any atom is -0.310 e. The van der Waals surface area contributed by atoms with Crippen LogP contribution in [-0.2, 0) is 0 Å². The minimum absolute atomic E-state index is 0.795. The van der Waals surface area contributed by atoms with E-state index in [9.17, 15) is 0 Å². The van der Waals surface area contributed by atoms with Gasteiger partial charge in [0, 0.05) is 31.2 Å². The number of likely N-dealkylation sites (tertiary alicyclic amines) is 1. The Kier molecular flexibility index (Phi) is 3.45. The molecule has 82 valence electrons. The Morgan fingerprint density at radius 2 is 1.86 bits per heavy atom. The number of nitrogens with one attached hydrogen (secondary N) is 1. The van der Waals surface area contributed by atoms with E-state index in [0.717, 1.165) is 18.1 Å². The molecule has 1 aliphatic carbocycles. The summed E-state index contributed by atoms with van der Waals surface area (Å²) >= 11 is 0. The summed E-state index contributed by atoms with van der Waals surface area (Å²) in [6.07, 6.45) is 6.83. The van der Waals surface area contributed by atoms with Gasteiger partial charge in [0.15, 0.2) is 0 Å². The summed E-state index contributed by atoms with van der Waals surface area (Å²) in [5.74, 6) is 0. The van der Waals surface area contributed by atoms with Crippen LogP contribution in [0.3, 0.4) is 0 Å². The average molecular weight is 196 g/mol. The molecule has 0 spiro atoms. The Bertz CT molecular complexity index is 173. The SMILES string of the molecule is CCC(CC)N1CCC(NC2CC2)C1. The first-order chi connectivity index (χ1) is 6.83. The van der Waals surface area contributed by atoms with Gasteiger partial charge in [-0.2, -0.15) is 0 Å². The van der Waals surface area contributed by atoms with Crippen LogP contribution < -0.4 is 5.32 Å². The van der Waals surface area contributed by atoms with Crippen LogP contribution in [0.5, 0.6) is 0 Å². The fourth-order valence-corrected chi connectivity index (χ4v) is 2.64. The van der Waals surface area contributed by atoms with Crippen molar-refractivity contribution in [2.24, 2.45) is 0 Å². The van der Waals surface area contributed by atoms with E-state index in [2.05, 4.69) is 24.1 Å². The first-order valence-corrected chi connectivity index (χ1v) is 6.33. The monoisotopic (exact) mass is 196 g/mol. The first-order valence-electron chi connectivity index (χ1n) is 6.33. The van der Waals surface area contributed by atoms with Crippen LogP contribution in [0.4, 0.5) is 0 Å². The van der Waals surface area contributed by atoms with E-state index >= 15 is 0 Å². The van der Waals surface area contributed by atoms with Crippen molar-refractivity contribution >= 4 is 0 Å². The molecule has 0 radical (unpaired) electrons. The zero-order chi connectivity index (χ0) is 9.97. The van der Waals surface area contributed by atoms with Crippen LogP contribution >= 0.6 is 0 Å². The molecule has 1 saturated carbocycles. The molecule has 1 unspecified atom stereocenters. The van der Waals surface area contributed by atoms with Gasteiger partial charge in [-0.25, -0.2) is 0 Å². The Balaban J connectivity index is 1.74. The normalized spacial score (nSPS) is 28.9. The fraction of sp³-hybridized carbons (Fsp3) is 1.00. The van der Waals surface area contributed by atoms with Gasteiger partial charge in [-0.05, 0) is 32.1 Å². The van der Waals surface area contributed by atoms with Crippen LogP contribution in [0.25, 0.3) is 0 Å². The van der Waals surface area contributed by atoms with Gasteiger partial charge in [0.2, 0.25) is 0 Å². The molecule has 1 atom stereocenters. The summed E-state index contributed by atoms with van der Waals surface area (Å²) in [7, 11) is 0. The lowest BCUT2D eigenvalue weighted by Gasteiger charge is -2.25. The molecular formula is C12H24N2. The smallest absolute Gasteiger partial charge is 0.0209 e. The standard InChI is InChI=1S/C12H24N2/c1-3-12(4-2)14-8-7-11(9-14)13-10-5-6-10/h10-13H,3-9H2,1-2H3. The summed E-state index contributed by atoms with van der Waals surface area (Å²) in [6.45, 7) is 7.24. The highest BCUT2D eigenvalue weighted by Crippen LogP contribution is 2.23. The van der Waals surface area contributed by atoms with Crippen LogP contribution in [0.2, 0.25) is 0 Å². The van der Waals surface area contributed by atoms with Crippen molar-refractivity contribution in [2.45, 2.75) is 64.1 Å². The molecule has 14 heavy (non-hydrogen) atoms. The molecule has 2 nitrogen and oxygen atoms in total. The lowest BCUT2D eigenvalue weighted by atomic mass is 10.1. The molecule has 1 heterocycles. The van der Waals surface area contributed by atoms with Crippen molar-refractivity contribution in [1.82, 2.24) is 10.2 Å². The van der Waals surface area contributed by atoms with E-state index in [4.69, 9.17) is 0 Å².